The molecule has 4 heteroatoms. The molecule has 0 saturated carbocycles. The number of benzene rings is 2. The smallest absolute Gasteiger partial charge is 0.253 e. The number of fused-ring (bicyclic) bond motifs is 1. The lowest BCUT2D eigenvalue weighted by atomic mass is 9.88. The summed E-state index contributed by atoms with van der Waals surface area (Å²) in [6, 6.07) is 16.7. The molecule has 0 radical (unpaired) electrons. The summed E-state index contributed by atoms with van der Waals surface area (Å²) in [6.07, 6.45) is 2.95. The summed E-state index contributed by atoms with van der Waals surface area (Å²) in [5.41, 5.74) is 4.56. The number of nitrogens with zero attached hydrogens (tertiary/aromatic N) is 1. The normalized spacial score (nSPS) is 20.0. The number of ether oxygens (including phenoxy) is 1. The van der Waals surface area contributed by atoms with Gasteiger partial charge in [0.15, 0.2) is 0 Å². The number of aryl methyl sites for hydroxylation is 1. The van der Waals surface area contributed by atoms with Gasteiger partial charge in [-0.2, -0.15) is 0 Å². The summed E-state index contributed by atoms with van der Waals surface area (Å²) in [4.78, 5) is 15.2. The number of nitrogens with one attached hydrogen (secondary N) is 1. The van der Waals surface area contributed by atoms with Crippen molar-refractivity contribution in [3.05, 3.63) is 65.2 Å². The van der Waals surface area contributed by atoms with Crippen LogP contribution in [0.3, 0.4) is 0 Å². The Morgan fingerprint density at radius 3 is 2.56 bits per heavy atom. The van der Waals surface area contributed by atoms with E-state index in [2.05, 4.69) is 34.5 Å². The molecule has 0 aromatic heterocycles. The van der Waals surface area contributed by atoms with Crippen LogP contribution < -0.4 is 10.2 Å². The van der Waals surface area contributed by atoms with Crippen LogP contribution in [0.2, 0.25) is 0 Å². The van der Waals surface area contributed by atoms with Crippen LogP contribution in [0.25, 0.3) is 0 Å². The Kier molecular flexibility index (Phi) is 4.70. The number of anilines is 1. The zero-order valence-electron chi connectivity index (χ0n) is 14.4. The van der Waals surface area contributed by atoms with Crippen LogP contribution in [0.15, 0.2) is 48.5 Å². The van der Waals surface area contributed by atoms with Gasteiger partial charge in [0.2, 0.25) is 0 Å². The highest BCUT2D eigenvalue weighted by molar-refractivity contribution is 6.00. The Morgan fingerprint density at radius 1 is 1.00 bits per heavy atom. The molecule has 1 fully saturated rings. The molecule has 4 rings (SSSR count). The van der Waals surface area contributed by atoms with E-state index in [0.29, 0.717) is 0 Å². The Bertz CT molecular complexity index is 753. The fourth-order valence-corrected chi connectivity index (χ4v) is 3.83. The van der Waals surface area contributed by atoms with Crippen molar-refractivity contribution in [2.45, 2.75) is 25.3 Å². The maximum Gasteiger partial charge on any atom is 0.253 e. The van der Waals surface area contributed by atoms with Crippen LogP contribution >= 0.6 is 0 Å². The third-order valence-electron chi connectivity index (χ3n) is 5.18. The van der Waals surface area contributed by atoms with Crippen molar-refractivity contribution in [2.24, 2.45) is 0 Å². The predicted octanol–water partition coefficient (Wildman–Crippen LogP) is 2.81. The first-order chi connectivity index (χ1) is 12.3. The van der Waals surface area contributed by atoms with Crippen molar-refractivity contribution < 1.29 is 9.53 Å². The molecule has 25 heavy (non-hydrogen) atoms. The number of hydrogen-bond acceptors (Lipinski definition) is 3. The average molecular weight is 336 g/mol. The molecule has 0 spiro atoms. The van der Waals surface area contributed by atoms with Crippen molar-refractivity contribution >= 4 is 11.6 Å². The molecule has 1 aliphatic carbocycles. The van der Waals surface area contributed by atoms with E-state index in [1.54, 1.807) is 0 Å². The van der Waals surface area contributed by atoms with Gasteiger partial charge in [-0.25, -0.2) is 0 Å². The van der Waals surface area contributed by atoms with Crippen molar-refractivity contribution in [3.8, 4) is 0 Å². The average Bonchev–Trinajstić information content (AvgIpc) is 2.68. The zero-order valence-corrected chi connectivity index (χ0v) is 14.4. The molecule has 1 N–H and O–H groups in total. The minimum atomic E-state index is 0.0338. The second-order valence-corrected chi connectivity index (χ2v) is 6.80. The van der Waals surface area contributed by atoms with Gasteiger partial charge in [0.1, 0.15) is 0 Å². The Morgan fingerprint density at radius 2 is 1.72 bits per heavy atom. The number of morpholine rings is 1. The molecule has 1 saturated heterocycles. The number of amides is 1. The third kappa shape index (κ3) is 3.54. The van der Waals surface area contributed by atoms with Gasteiger partial charge in [0.25, 0.3) is 5.91 Å². The first-order valence-corrected chi connectivity index (χ1v) is 9.10. The fourth-order valence-electron chi connectivity index (χ4n) is 3.83. The molecule has 1 aliphatic heterocycles. The Hall–Kier alpha value is -2.33. The number of carbonyl (C=O) groups is 1. The van der Waals surface area contributed by atoms with Crippen molar-refractivity contribution in [3.63, 3.8) is 0 Å². The third-order valence-corrected chi connectivity index (χ3v) is 5.18. The summed E-state index contributed by atoms with van der Waals surface area (Å²) < 4.78 is 5.43. The van der Waals surface area contributed by atoms with Gasteiger partial charge in [-0.15, -0.1) is 0 Å². The molecule has 0 bridgehead atoms. The van der Waals surface area contributed by atoms with E-state index < -0.39 is 0 Å². The van der Waals surface area contributed by atoms with Crippen molar-refractivity contribution in [2.75, 3.05) is 31.2 Å². The topological polar surface area (TPSA) is 41.6 Å². The summed E-state index contributed by atoms with van der Waals surface area (Å²) in [5.74, 6) is 0.0338. The second-order valence-electron chi connectivity index (χ2n) is 6.80. The molecule has 1 unspecified atom stereocenters. The predicted molar refractivity (Wildman–Crippen MR) is 99.2 cm³/mol. The van der Waals surface area contributed by atoms with Crippen molar-refractivity contribution in [1.29, 1.82) is 0 Å². The number of para-hydroxylation sites is 1. The quantitative estimate of drug-likeness (QED) is 0.937. The molecule has 1 heterocycles. The lowest BCUT2D eigenvalue weighted by molar-refractivity contribution is 0.0932. The molecule has 2 aromatic carbocycles. The Balaban J connectivity index is 1.48. The summed E-state index contributed by atoms with van der Waals surface area (Å²) >= 11 is 0. The first-order valence-electron chi connectivity index (χ1n) is 9.10. The van der Waals surface area contributed by atoms with E-state index in [0.717, 1.165) is 56.8 Å². The van der Waals surface area contributed by atoms with E-state index in [4.69, 9.17) is 4.74 Å². The van der Waals surface area contributed by atoms with Crippen molar-refractivity contribution in [1.82, 2.24) is 5.32 Å². The van der Waals surface area contributed by atoms with Gasteiger partial charge < -0.3 is 15.0 Å². The molecule has 4 nitrogen and oxygen atoms in total. The lowest BCUT2D eigenvalue weighted by Crippen LogP contribution is -2.41. The fraction of sp³-hybridized carbons (Fsp3) is 0.381. The Labute approximate surface area is 148 Å². The molecular formula is C21H24N2O2. The molecule has 1 amide bonds. The summed E-state index contributed by atoms with van der Waals surface area (Å²) in [5, 5.41) is 3.26. The van der Waals surface area contributed by atoms with Crippen LogP contribution in [-0.2, 0) is 17.6 Å². The van der Waals surface area contributed by atoms with E-state index in [-0.39, 0.29) is 11.9 Å². The highest BCUT2D eigenvalue weighted by Gasteiger charge is 2.23. The highest BCUT2D eigenvalue weighted by atomic mass is 16.5. The van der Waals surface area contributed by atoms with Crippen LogP contribution in [0.1, 0.15) is 27.9 Å². The summed E-state index contributed by atoms with van der Waals surface area (Å²) in [7, 11) is 0. The van der Waals surface area contributed by atoms with Gasteiger partial charge in [-0.1, -0.05) is 36.4 Å². The van der Waals surface area contributed by atoms with Crippen LogP contribution in [0.5, 0.6) is 0 Å². The van der Waals surface area contributed by atoms with Gasteiger partial charge in [-0.05, 0) is 42.5 Å². The minimum absolute atomic E-state index is 0.0338. The number of hydrogen-bond donors (Lipinski definition) is 1. The minimum Gasteiger partial charge on any atom is -0.378 e. The SMILES string of the molecule is O=C(NC1CCc2ccccc2C1)c1ccccc1N1CCOCC1. The maximum atomic E-state index is 12.9. The molecule has 2 aromatic rings. The summed E-state index contributed by atoms with van der Waals surface area (Å²) in [6.45, 7) is 3.10. The van der Waals surface area contributed by atoms with E-state index in [1.807, 2.05) is 24.3 Å². The largest absolute Gasteiger partial charge is 0.378 e. The van der Waals surface area contributed by atoms with Crippen LogP contribution in [-0.4, -0.2) is 38.3 Å². The van der Waals surface area contributed by atoms with Gasteiger partial charge >= 0.3 is 0 Å². The second kappa shape index (κ2) is 7.28. The molecule has 1 atom stereocenters. The monoisotopic (exact) mass is 336 g/mol. The standard InChI is InChI=1S/C21H24N2O2/c24-21(22-18-10-9-16-5-1-2-6-17(16)15-18)19-7-3-4-8-20(19)23-11-13-25-14-12-23/h1-8,18H,9-15H2,(H,22,24). The molecule has 130 valence electrons. The van der Waals surface area contributed by atoms with E-state index in [9.17, 15) is 4.79 Å². The van der Waals surface area contributed by atoms with Gasteiger partial charge in [0.05, 0.1) is 18.8 Å². The lowest BCUT2D eigenvalue weighted by Gasteiger charge is -2.31. The molecular weight excluding hydrogens is 312 g/mol. The van der Waals surface area contributed by atoms with E-state index >= 15 is 0 Å². The molecule has 2 aliphatic rings. The van der Waals surface area contributed by atoms with Gasteiger partial charge in [0, 0.05) is 24.8 Å². The van der Waals surface area contributed by atoms with Gasteiger partial charge in [-0.3, -0.25) is 4.79 Å². The highest BCUT2D eigenvalue weighted by Crippen LogP contribution is 2.24. The number of rotatable bonds is 3. The van der Waals surface area contributed by atoms with Crippen LogP contribution in [0.4, 0.5) is 5.69 Å². The maximum absolute atomic E-state index is 12.9. The van der Waals surface area contributed by atoms with E-state index in [1.165, 1.54) is 11.1 Å². The zero-order chi connectivity index (χ0) is 17.1. The van der Waals surface area contributed by atoms with Crippen LogP contribution in [0, 0.1) is 0 Å². The number of carbonyl (C=O) groups excluding carboxylic acids is 1. The first kappa shape index (κ1) is 16.2.